The van der Waals surface area contributed by atoms with Crippen LogP contribution in [0.5, 0.6) is 0 Å². The van der Waals surface area contributed by atoms with Gasteiger partial charge in [0.25, 0.3) is 0 Å². The Morgan fingerprint density at radius 3 is 2.71 bits per heavy atom. The maximum atomic E-state index is 12.3. The monoisotopic (exact) mass is 428 g/mol. The van der Waals surface area contributed by atoms with E-state index < -0.39 is 0 Å². The minimum absolute atomic E-state index is 0.169. The predicted molar refractivity (Wildman–Crippen MR) is 120 cm³/mol. The van der Waals surface area contributed by atoms with Crippen molar-refractivity contribution in [3.63, 3.8) is 0 Å². The lowest BCUT2D eigenvalue weighted by molar-refractivity contribution is 0.546. The number of aryl methyl sites for hydroxylation is 1. The van der Waals surface area contributed by atoms with Gasteiger partial charge in [0.05, 0.1) is 10.5 Å². The summed E-state index contributed by atoms with van der Waals surface area (Å²) in [7, 11) is 0. The Labute approximate surface area is 182 Å². The van der Waals surface area contributed by atoms with Crippen molar-refractivity contribution in [1.82, 2.24) is 19.9 Å². The molecule has 0 amide bonds. The molecule has 4 aromatic heterocycles. The molecule has 0 bridgehead atoms. The second kappa shape index (κ2) is 6.75. The number of rotatable bonds is 3. The topological polar surface area (TPSA) is 84.7 Å². The zero-order chi connectivity index (χ0) is 21.1. The van der Waals surface area contributed by atoms with Crippen molar-refractivity contribution in [3.8, 4) is 22.7 Å². The molecule has 1 aliphatic carbocycles. The van der Waals surface area contributed by atoms with Gasteiger partial charge in [0.2, 0.25) is 5.56 Å². The number of benzene rings is 1. The maximum Gasteiger partial charge on any atom is 0.249 e. The molecule has 1 saturated carbocycles. The number of hydrogen-bond donors (Lipinski definition) is 1. The van der Waals surface area contributed by atoms with E-state index in [0.29, 0.717) is 39.3 Å². The molecule has 152 valence electrons. The van der Waals surface area contributed by atoms with E-state index in [1.165, 1.54) is 0 Å². The fraction of sp³-hybridized carbons (Fsp3) is 0.167. The van der Waals surface area contributed by atoms with E-state index >= 15 is 0 Å². The standard InChI is InChI=1S/C24H17ClN4O2/c1-12-4-7-18(31-12)23-21(15-9-14-3-2-8-26-20(14)17(25)10-15)28-22-16(13-5-6-13)11-19(30)27-24(22)29-23/h2-4,7-11,13H,5-6H2,1H3,(H,27,29,30). The molecule has 1 aliphatic rings. The highest BCUT2D eigenvalue weighted by Gasteiger charge is 2.28. The summed E-state index contributed by atoms with van der Waals surface area (Å²) in [5.74, 6) is 1.71. The molecule has 0 spiro atoms. The molecule has 6 rings (SSSR count). The lowest BCUT2D eigenvalue weighted by Gasteiger charge is -2.12. The summed E-state index contributed by atoms with van der Waals surface area (Å²) in [5.41, 5.74) is 4.73. The summed E-state index contributed by atoms with van der Waals surface area (Å²) in [6.45, 7) is 1.88. The Morgan fingerprint density at radius 1 is 1.06 bits per heavy atom. The van der Waals surface area contributed by atoms with Crippen LogP contribution >= 0.6 is 11.6 Å². The maximum absolute atomic E-state index is 12.3. The average Bonchev–Trinajstić information content (AvgIpc) is 3.52. The summed E-state index contributed by atoms with van der Waals surface area (Å²) in [5, 5.41) is 1.46. The number of aromatic nitrogens is 4. The smallest absolute Gasteiger partial charge is 0.249 e. The van der Waals surface area contributed by atoms with Crippen LogP contribution in [0.1, 0.15) is 30.1 Å². The number of aromatic amines is 1. The van der Waals surface area contributed by atoms with E-state index in [1.807, 2.05) is 43.3 Å². The predicted octanol–water partition coefficient (Wildman–Crippen LogP) is 5.63. The quantitative estimate of drug-likeness (QED) is 0.402. The zero-order valence-corrected chi connectivity index (χ0v) is 17.4. The molecule has 5 aromatic rings. The normalized spacial score (nSPS) is 13.9. The van der Waals surface area contributed by atoms with Crippen molar-refractivity contribution < 1.29 is 4.42 Å². The SMILES string of the molecule is Cc1ccc(-c2nc3[nH]c(=O)cc(C4CC4)c3nc2-c2cc(Cl)c3ncccc3c2)o1. The number of halogens is 1. The highest BCUT2D eigenvalue weighted by atomic mass is 35.5. The zero-order valence-electron chi connectivity index (χ0n) is 16.6. The number of nitrogens with zero attached hydrogens (tertiary/aromatic N) is 3. The Bertz CT molecular complexity index is 1550. The molecule has 0 atom stereocenters. The fourth-order valence-electron chi connectivity index (χ4n) is 4.01. The number of H-pyrrole nitrogens is 1. The van der Waals surface area contributed by atoms with E-state index in [-0.39, 0.29) is 5.56 Å². The van der Waals surface area contributed by atoms with E-state index in [4.69, 9.17) is 26.0 Å². The Morgan fingerprint density at radius 2 is 1.94 bits per heavy atom. The first kappa shape index (κ1) is 18.3. The van der Waals surface area contributed by atoms with Gasteiger partial charge in [0.15, 0.2) is 11.4 Å². The van der Waals surface area contributed by atoms with Crippen LogP contribution in [0.3, 0.4) is 0 Å². The van der Waals surface area contributed by atoms with Crippen molar-refractivity contribution in [3.05, 3.63) is 75.4 Å². The highest BCUT2D eigenvalue weighted by molar-refractivity contribution is 6.35. The van der Waals surface area contributed by atoms with Gasteiger partial charge < -0.3 is 9.40 Å². The summed E-state index contributed by atoms with van der Waals surface area (Å²) in [6.07, 6.45) is 3.84. The first-order chi connectivity index (χ1) is 15.1. The van der Waals surface area contributed by atoms with Crippen molar-refractivity contribution in [2.45, 2.75) is 25.7 Å². The molecule has 4 heterocycles. The van der Waals surface area contributed by atoms with Gasteiger partial charge in [0.1, 0.15) is 22.7 Å². The van der Waals surface area contributed by atoms with Crippen LogP contribution in [0.2, 0.25) is 5.02 Å². The van der Waals surface area contributed by atoms with Crippen molar-refractivity contribution in [2.24, 2.45) is 0 Å². The number of furan rings is 1. The molecule has 31 heavy (non-hydrogen) atoms. The third kappa shape index (κ3) is 3.11. The first-order valence-electron chi connectivity index (χ1n) is 10.1. The molecule has 0 aliphatic heterocycles. The van der Waals surface area contributed by atoms with E-state index in [1.54, 1.807) is 12.3 Å². The van der Waals surface area contributed by atoms with Crippen LogP contribution < -0.4 is 5.56 Å². The van der Waals surface area contributed by atoms with Crippen LogP contribution in [0.25, 0.3) is 44.8 Å². The first-order valence-corrected chi connectivity index (χ1v) is 10.5. The minimum Gasteiger partial charge on any atom is -0.460 e. The van der Waals surface area contributed by atoms with Crippen molar-refractivity contribution >= 4 is 33.7 Å². The van der Waals surface area contributed by atoms with E-state index in [0.717, 1.165) is 40.6 Å². The average molecular weight is 429 g/mol. The molecule has 1 fully saturated rings. The number of pyridine rings is 2. The Hall–Kier alpha value is -3.51. The van der Waals surface area contributed by atoms with Crippen LogP contribution in [0.4, 0.5) is 0 Å². The summed E-state index contributed by atoms with van der Waals surface area (Å²) < 4.78 is 5.88. The third-order valence-corrected chi connectivity index (χ3v) is 5.91. The molecule has 0 radical (unpaired) electrons. The third-order valence-electron chi connectivity index (χ3n) is 5.62. The summed E-state index contributed by atoms with van der Waals surface area (Å²) >= 11 is 6.56. The number of hydrogen-bond acceptors (Lipinski definition) is 5. The molecule has 6 nitrogen and oxygen atoms in total. The highest BCUT2D eigenvalue weighted by Crippen LogP contribution is 2.43. The minimum atomic E-state index is -0.169. The van der Waals surface area contributed by atoms with Crippen LogP contribution in [0, 0.1) is 6.92 Å². The lowest BCUT2D eigenvalue weighted by Crippen LogP contribution is -2.09. The van der Waals surface area contributed by atoms with Gasteiger partial charge >= 0.3 is 0 Å². The number of nitrogens with one attached hydrogen (secondary N) is 1. The number of fused-ring (bicyclic) bond motifs is 2. The van der Waals surface area contributed by atoms with Crippen LogP contribution in [-0.4, -0.2) is 19.9 Å². The summed E-state index contributed by atoms with van der Waals surface area (Å²) in [6, 6.07) is 13.1. The van der Waals surface area contributed by atoms with Gasteiger partial charge in [-0.2, -0.15) is 0 Å². The van der Waals surface area contributed by atoms with Crippen molar-refractivity contribution in [1.29, 1.82) is 0 Å². The van der Waals surface area contributed by atoms with Crippen LogP contribution in [0.15, 0.2) is 57.9 Å². The Kier molecular flexibility index (Phi) is 3.98. The van der Waals surface area contributed by atoms with Gasteiger partial charge in [-0.05, 0) is 61.6 Å². The fourth-order valence-corrected chi connectivity index (χ4v) is 4.29. The van der Waals surface area contributed by atoms with Gasteiger partial charge in [-0.15, -0.1) is 0 Å². The van der Waals surface area contributed by atoms with E-state index in [2.05, 4.69) is 9.97 Å². The molecular weight excluding hydrogens is 412 g/mol. The van der Waals surface area contributed by atoms with Gasteiger partial charge in [-0.1, -0.05) is 17.7 Å². The van der Waals surface area contributed by atoms with Gasteiger partial charge in [-0.3, -0.25) is 9.78 Å². The molecular formula is C24H17ClN4O2. The molecule has 1 aromatic carbocycles. The second-order valence-corrected chi connectivity index (χ2v) is 8.33. The van der Waals surface area contributed by atoms with Crippen molar-refractivity contribution in [2.75, 3.05) is 0 Å². The molecule has 7 heteroatoms. The van der Waals surface area contributed by atoms with Crippen LogP contribution in [-0.2, 0) is 0 Å². The molecule has 0 saturated heterocycles. The molecule has 1 N–H and O–H groups in total. The second-order valence-electron chi connectivity index (χ2n) is 7.92. The largest absolute Gasteiger partial charge is 0.460 e. The van der Waals surface area contributed by atoms with E-state index in [9.17, 15) is 4.79 Å². The van der Waals surface area contributed by atoms with Gasteiger partial charge in [-0.25, -0.2) is 9.97 Å². The lowest BCUT2D eigenvalue weighted by atomic mass is 10.0. The molecule has 0 unspecified atom stereocenters. The Balaban J connectivity index is 1.69. The van der Waals surface area contributed by atoms with Gasteiger partial charge in [0, 0.05) is 23.2 Å². The summed E-state index contributed by atoms with van der Waals surface area (Å²) in [4.78, 5) is 29.3.